The van der Waals surface area contributed by atoms with Crippen molar-refractivity contribution >= 4 is 11.5 Å². The quantitative estimate of drug-likeness (QED) is 0.775. The number of anilines is 2. The highest BCUT2D eigenvalue weighted by atomic mass is 19.1. The van der Waals surface area contributed by atoms with Gasteiger partial charge in [-0.3, -0.25) is 0 Å². The molecule has 0 saturated carbocycles. The van der Waals surface area contributed by atoms with Crippen LogP contribution in [0, 0.1) is 12.7 Å². The van der Waals surface area contributed by atoms with Crippen molar-refractivity contribution in [2.75, 3.05) is 5.32 Å². The Balaban J connectivity index is 1.94. The molecule has 0 spiro atoms. The Morgan fingerprint density at radius 3 is 2.33 bits per heavy atom. The third-order valence-electron chi connectivity index (χ3n) is 3.02. The summed E-state index contributed by atoms with van der Waals surface area (Å²) >= 11 is 0. The first-order valence-corrected chi connectivity index (χ1v) is 6.64. The van der Waals surface area contributed by atoms with Crippen molar-refractivity contribution in [2.45, 2.75) is 6.92 Å². The van der Waals surface area contributed by atoms with E-state index in [1.807, 2.05) is 43.3 Å². The van der Waals surface area contributed by atoms with Gasteiger partial charge < -0.3 is 5.32 Å². The van der Waals surface area contributed by atoms with E-state index in [2.05, 4.69) is 15.3 Å². The molecular formula is C17H14FN3. The van der Waals surface area contributed by atoms with Gasteiger partial charge in [0.2, 0.25) is 0 Å². The zero-order valence-corrected chi connectivity index (χ0v) is 11.5. The van der Waals surface area contributed by atoms with Gasteiger partial charge in [-0.25, -0.2) is 14.4 Å². The van der Waals surface area contributed by atoms with Crippen molar-refractivity contribution in [3.8, 4) is 11.3 Å². The number of nitrogens with zero attached hydrogens (tertiary/aromatic N) is 2. The summed E-state index contributed by atoms with van der Waals surface area (Å²) in [7, 11) is 0. The maximum absolute atomic E-state index is 13.0. The molecule has 1 aromatic heterocycles. The number of hydrogen-bond acceptors (Lipinski definition) is 3. The van der Waals surface area contributed by atoms with Crippen LogP contribution in [0.3, 0.4) is 0 Å². The molecule has 3 rings (SSSR count). The molecule has 0 atom stereocenters. The van der Waals surface area contributed by atoms with E-state index in [1.165, 1.54) is 12.1 Å². The molecule has 3 aromatic rings. The number of benzene rings is 2. The average Bonchev–Trinajstić information content (AvgIpc) is 2.48. The first-order valence-electron chi connectivity index (χ1n) is 6.64. The van der Waals surface area contributed by atoms with Gasteiger partial charge in [-0.2, -0.15) is 0 Å². The predicted octanol–water partition coefficient (Wildman–Crippen LogP) is 4.33. The topological polar surface area (TPSA) is 37.8 Å². The zero-order valence-electron chi connectivity index (χ0n) is 11.5. The van der Waals surface area contributed by atoms with Gasteiger partial charge in [0.25, 0.3) is 0 Å². The van der Waals surface area contributed by atoms with Crippen LogP contribution in [0.2, 0.25) is 0 Å². The lowest BCUT2D eigenvalue weighted by Gasteiger charge is -2.08. The van der Waals surface area contributed by atoms with Gasteiger partial charge in [0.15, 0.2) is 0 Å². The molecule has 0 saturated heterocycles. The Morgan fingerprint density at radius 2 is 1.62 bits per heavy atom. The summed E-state index contributed by atoms with van der Waals surface area (Å²) < 4.78 is 13.0. The number of aromatic nitrogens is 2. The van der Waals surface area contributed by atoms with Crippen molar-refractivity contribution in [3.63, 3.8) is 0 Å². The zero-order chi connectivity index (χ0) is 14.7. The molecule has 0 aliphatic carbocycles. The summed E-state index contributed by atoms with van der Waals surface area (Å²) in [5.41, 5.74) is 2.58. The Labute approximate surface area is 122 Å². The maximum atomic E-state index is 13.0. The molecule has 0 fully saturated rings. The highest BCUT2D eigenvalue weighted by molar-refractivity contribution is 5.65. The molecule has 0 aliphatic heterocycles. The van der Waals surface area contributed by atoms with Gasteiger partial charge in [0.1, 0.15) is 17.5 Å². The Hall–Kier alpha value is -2.75. The summed E-state index contributed by atoms with van der Waals surface area (Å²) in [4.78, 5) is 8.78. The third kappa shape index (κ3) is 3.23. The molecule has 4 heteroatoms. The molecule has 2 aromatic carbocycles. The third-order valence-corrected chi connectivity index (χ3v) is 3.02. The van der Waals surface area contributed by atoms with E-state index >= 15 is 0 Å². The summed E-state index contributed by atoms with van der Waals surface area (Å²) in [5, 5.41) is 3.24. The van der Waals surface area contributed by atoms with Gasteiger partial charge in [-0.05, 0) is 43.3 Å². The number of hydrogen-bond donors (Lipinski definition) is 1. The molecule has 1 N–H and O–H groups in total. The lowest BCUT2D eigenvalue weighted by Crippen LogP contribution is -1.98. The van der Waals surface area contributed by atoms with Crippen molar-refractivity contribution in [3.05, 3.63) is 72.3 Å². The molecule has 0 radical (unpaired) electrons. The van der Waals surface area contributed by atoms with Crippen LogP contribution < -0.4 is 5.32 Å². The van der Waals surface area contributed by atoms with Crippen molar-refractivity contribution in [2.24, 2.45) is 0 Å². The van der Waals surface area contributed by atoms with Crippen LogP contribution in [0.15, 0.2) is 60.7 Å². The van der Waals surface area contributed by atoms with Crippen molar-refractivity contribution in [1.29, 1.82) is 0 Å². The first-order chi connectivity index (χ1) is 10.2. The largest absolute Gasteiger partial charge is 0.340 e. The highest BCUT2D eigenvalue weighted by Gasteiger charge is 2.05. The van der Waals surface area contributed by atoms with Crippen LogP contribution in [0.4, 0.5) is 15.9 Å². The van der Waals surface area contributed by atoms with Crippen LogP contribution in [-0.4, -0.2) is 9.97 Å². The molecule has 0 bridgehead atoms. The number of para-hydroxylation sites is 1. The normalized spacial score (nSPS) is 10.4. The van der Waals surface area contributed by atoms with Crippen LogP contribution in [0.1, 0.15) is 5.82 Å². The van der Waals surface area contributed by atoms with E-state index in [0.717, 1.165) is 16.9 Å². The fourth-order valence-corrected chi connectivity index (χ4v) is 2.07. The van der Waals surface area contributed by atoms with E-state index in [4.69, 9.17) is 0 Å². The summed E-state index contributed by atoms with van der Waals surface area (Å²) in [6, 6.07) is 17.9. The SMILES string of the molecule is Cc1nc(Nc2ccccc2)cc(-c2ccc(F)cc2)n1. The predicted molar refractivity (Wildman–Crippen MR) is 81.9 cm³/mol. The summed E-state index contributed by atoms with van der Waals surface area (Å²) in [6.45, 7) is 1.84. The average molecular weight is 279 g/mol. The van der Waals surface area contributed by atoms with E-state index in [9.17, 15) is 4.39 Å². The molecule has 0 aliphatic rings. The lowest BCUT2D eigenvalue weighted by molar-refractivity contribution is 0.628. The minimum Gasteiger partial charge on any atom is -0.340 e. The highest BCUT2D eigenvalue weighted by Crippen LogP contribution is 2.22. The second-order valence-corrected chi connectivity index (χ2v) is 4.68. The maximum Gasteiger partial charge on any atom is 0.134 e. The van der Waals surface area contributed by atoms with Gasteiger partial charge in [0.05, 0.1) is 5.69 Å². The number of halogens is 1. The molecule has 104 valence electrons. The fraction of sp³-hybridized carbons (Fsp3) is 0.0588. The molecule has 3 nitrogen and oxygen atoms in total. The van der Waals surface area contributed by atoms with Crippen molar-refractivity contribution in [1.82, 2.24) is 9.97 Å². The molecule has 0 amide bonds. The van der Waals surface area contributed by atoms with E-state index in [0.29, 0.717) is 11.6 Å². The van der Waals surface area contributed by atoms with Crippen LogP contribution in [0.5, 0.6) is 0 Å². The monoisotopic (exact) mass is 279 g/mol. The van der Waals surface area contributed by atoms with Gasteiger partial charge >= 0.3 is 0 Å². The molecule has 1 heterocycles. The summed E-state index contributed by atoms with van der Waals surface area (Å²) in [6.07, 6.45) is 0. The van der Waals surface area contributed by atoms with Gasteiger partial charge in [-0.15, -0.1) is 0 Å². The number of rotatable bonds is 3. The molecule has 21 heavy (non-hydrogen) atoms. The van der Waals surface area contributed by atoms with Gasteiger partial charge in [0, 0.05) is 17.3 Å². The van der Waals surface area contributed by atoms with Crippen LogP contribution >= 0.6 is 0 Å². The van der Waals surface area contributed by atoms with E-state index < -0.39 is 0 Å². The van der Waals surface area contributed by atoms with Gasteiger partial charge in [-0.1, -0.05) is 18.2 Å². The smallest absolute Gasteiger partial charge is 0.134 e. The second-order valence-electron chi connectivity index (χ2n) is 4.68. The second kappa shape index (κ2) is 5.71. The Kier molecular flexibility index (Phi) is 3.60. The Bertz CT molecular complexity index is 740. The van der Waals surface area contributed by atoms with E-state index in [1.54, 1.807) is 12.1 Å². The molecule has 0 unspecified atom stereocenters. The Morgan fingerprint density at radius 1 is 0.905 bits per heavy atom. The van der Waals surface area contributed by atoms with Crippen LogP contribution in [0.25, 0.3) is 11.3 Å². The minimum atomic E-state index is -0.257. The lowest BCUT2D eigenvalue weighted by atomic mass is 10.1. The number of nitrogens with one attached hydrogen (secondary N) is 1. The minimum absolute atomic E-state index is 0.257. The van der Waals surface area contributed by atoms with E-state index in [-0.39, 0.29) is 5.82 Å². The first kappa shape index (κ1) is 13.2. The van der Waals surface area contributed by atoms with Crippen LogP contribution in [-0.2, 0) is 0 Å². The standard InChI is InChI=1S/C17H14FN3/c1-12-19-16(13-7-9-14(18)10-8-13)11-17(20-12)21-15-5-3-2-4-6-15/h2-11H,1H3,(H,19,20,21). The molecular weight excluding hydrogens is 265 g/mol. The number of aryl methyl sites for hydroxylation is 1. The summed E-state index contributed by atoms with van der Waals surface area (Å²) in [5.74, 6) is 1.12. The fourth-order valence-electron chi connectivity index (χ4n) is 2.07. The van der Waals surface area contributed by atoms with Crippen molar-refractivity contribution < 1.29 is 4.39 Å².